The first kappa shape index (κ1) is 32.8. The van der Waals surface area contributed by atoms with Crippen LogP contribution >= 0.6 is 0 Å². The van der Waals surface area contributed by atoms with Gasteiger partial charge in [-0.25, -0.2) is 17.2 Å². The number of aryl methyl sites for hydroxylation is 1. The molecule has 218 valence electrons. The fourth-order valence-corrected chi connectivity index (χ4v) is 6.93. The van der Waals surface area contributed by atoms with E-state index < -0.39 is 56.6 Å². The quantitative estimate of drug-likeness (QED) is 0.219. The van der Waals surface area contributed by atoms with E-state index in [-0.39, 0.29) is 18.5 Å². The molecule has 0 fully saturated rings. The predicted octanol–water partition coefficient (Wildman–Crippen LogP) is 3.42. The number of aliphatic hydroxyl groups excluding tert-OH is 1. The van der Waals surface area contributed by atoms with Crippen LogP contribution in [0.4, 0.5) is 8.78 Å². The highest BCUT2D eigenvalue weighted by Gasteiger charge is 2.33. The van der Waals surface area contributed by atoms with Crippen molar-refractivity contribution in [1.82, 2.24) is 10.6 Å². The van der Waals surface area contributed by atoms with Gasteiger partial charge in [-0.3, -0.25) is 10.1 Å². The highest BCUT2D eigenvalue weighted by atomic mass is 32.2. The van der Waals surface area contributed by atoms with E-state index in [2.05, 4.69) is 23.6 Å². The third-order valence-corrected chi connectivity index (χ3v) is 9.10. The third kappa shape index (κ3) is 10.9. The summed E-state index contributed by atoms with van der Waals surface area (Å²) < 4.78 is 54.1. The van der Waals surface area contributed by atoms with Gasteiger partial charge in [-0.1, -0.05) is 57.9 Å². The molecule has 0 bridgehead atoms. The summed E-state index contributed by atoms with van der Waals surface area (Å²) in [6.07, 6.45) is 2.01. The molecule has 0 heterocycles. The van der Waals surface area contributed by atoms with E-state index in [0.29, 0.717) is 32.2 Å². The van der Waals surface area contributed by atoms with Crippen LogP contribution in [0.3, 0.4) is 0 Å². The number of carbonyl (C=O) groups is 1. The number of nitrogens with one attached hydrogen (secondary N) is 2. The van der Waals surface area contributed by atoms with Crippen molar-refractivity contribution >= 4 is 15.7 Å². The maximum absolute atomic E-state index is 13.9. The van der Waals surface area contributed by atoms with Crippen molar-refractivity contribution in [2.24, 2.45) is 5.73 Å². The summed E-state index contributed by atoms with van der Waals surface area (Å²) in [7, 11) is -3.69. The van der Waals surface area contributed by atoms with Crippen molar-refractivity contribution in [2.45, 2.75) is 89.3 Å². The molecule has 1 amide bonds. The van der Waals surface area contributed by atoms with Crippen LogP contribution in [0.25, 0.3) is 0 Å². The molecule has 5 N–H and O–H groups in total. The second kappa shape index (κ2) is 16.0. The van der Waals surface area contributed by atoms with Crippen molar-refractivity contribution in [3.05, 3.63) is 70.8 Å². The van der Waals surface area contributed by atoms with E-state index in [9.17, 15) is 27.1 Å². The Morgan fingerprint density at radius 3 is 2.15 bits per heavy atom. The van der Waals surface area contributed by atoms with Crippen molar-refractivity contribution in [3.8, 4) is 0 Å². The first-order valence-electron chi connectivity index (χ1n) is 13.7. The zero-order valence-electron chi connectivity index (χ0n) is 23.1. The maximum atomic E-state index is 13.9. The molecule has 0 spiro atoms. The smallest absolute Gasteiger partial charge is 0.235 e. The molecule has 0 saturated carbocycles. The molecule has 1 unspecified atom stereocenters. The van der Waals surface area contributed by atoms with Crippen molar-refractivity contribution in [2.75, 3.05) is 12.3 Å². The molecular weight excluding hydrogens is 524 g/mol. The number of hydrogen-bond donors (Lipinski definition) is 4. The van der Waals surface area contributed by atoms with E-state index in [4.69, 9.17) is 5.73 Å². The van der Waals surface area contributed by atoms with Crippen LogP contribution in [0.5, 0.6) is 0 Å². The fourth-order valence-electron chi connectivity index (χ4n) is 4.74. The molecule has 2 rings (SSSR count). The first-order chi connectivity index (χ1) is 18.5. The lowest BCUT2D eigenvalue weighted by molar-refractivity contribution is -0.119. The van der Waals surface area contributed by atoms with Crippen molar-refractivity contribution < 1.29 is 27.1 Å². The third-order valence-electron chi connectivity index (χ3n) is 6.81. The van der Waals surface area contributed by atoms with Gasteiger partial charge in [0.05, 0.1) is 17.1 Å². The molecule has 10 heteroatoms. The Labute approximate surface area is 231 Å². The number of amides is 1. The molecule has 2 aromatic carbocycles. The van der Waals surface area contributed by atoms with Crippen LogP contribution in [0.1, 0.15) is 63.1 Å². The minimum absolute atomic E-state index is 0.0555. The molecule has 0 aromatic heterocycles. The number of aliphatic hydroxyl groups is 1. The van der Waals surface area contributed by atoms with Crippen LogP contribution in [0, 0.1) is 11.6 Å². The summed E-state index contributed by atoms with van der Waals surface area (Å²) in [6, 6.07) is 8.83. The number of halogens is 2. The zero-order valence-corrected chi connectivity index (χ0v) is 23.9. The van der Waals surface area contributed by atoms with Gasteiger partial charge in [0.1, 0.15) is 17.7 Å². The van der Waals surface area contributed by atoms with Gasteiger partial charge >= 0.3 is 0 Å². The topological polar surface area (TPSA) is 122 Å². The van der Waals surface area contributed by atoms with Crippen molar-refractivity contribution in [3.63, 3.8) is 0 Å². The summed E-state index contributed by atoms with van der Waals surface area (Å²) in [6.45, 7) is 6.41. The molecule has 39 heavy (non-hydrogen) atoms. The Balaban J connectivity index is 2.23. The summed E-state index contributed by atoms with van der Waals surface area (Å²) in [4.78, 5) is 12.4. The van der Waals surface area contributed by atoms with Crippen LogP contribution in [0.2, 0.25) is 0 Å². The summed E-state index contributed by atoms with van der Waals surface area (Å²) in [5.74, 6) is -2.95. The molecule has 7 nitrogen and oxygen atoms in total. The van der Waals surface area contributed by atoms with Gasteiger partial charge in [0.2, 0.25) is 5.91 Å². The zero-order chi connectivity index (χ0) is 29.0. The van der Waals surface area contributed by atoms with E-state index in [0.717, 1.165) is 30.2 Å². The van der Waals surface area contributed by atoms with Crippen LogP contribution in [0.15, 0.2) is 42.5 Å². The van der Waals surface area contributed by atoms with E-state index in [1.807, 2.05) is 32.0 Å². The molecule has 0 aliphatic carbocycles. The SMILES string of the molecule is CCCC(CCC)S(=O)(=O)CC(N[C@@H](Cc1cc(F)cc(F)c1)[C@H](O)CNCc1cccc(CC)c1)C(N)=O. The molecule has 0 aliphatic rings. The number of sulfone groups is 1. The number of rotatable bonds is 18. The van der Waals surface area contributed by atoms with Gasteiger partial charge in [-0.15, -0.1) is 0 Å². The lowest BCUT2D eigenvalue weighted by Crippen LogP contribution is -2.56. The summed E-state index contributed by atoms with van der Waals surface area (Å²) in [5.41, 5.74) is 8.06. The molecule has 0 radical (unpaired) electrons. The monoisotopic (exact) mass is 567 g/mol. The number of benzene rings is 2. The van der Waals surface area contributed by atoms with Gasteiger partial charge < -0.3 is 16.2 Å². The Morgan fingerprint density at radius 1 is 0.974 bits per heavy atom. The second-order valence-electron chi connectivity index (χ2n) is 10.1. The minimum Gasteiger partial charge on any atom is -0.390 e. The lowest BCUT2D eigenvalue weighted by atomic mass is 9.99. The van der Waals surface area contributed by atoms with Gasteiger partial charge in [0, 0.05) is 25.2 Å². The summed E-state index contributed by atoms with van der Waals surface area (Å²) in [5, 5.41) is 16.6. The van der Waals surface area contributed by atoms with Gasteiger partial charge in [0.25, 0.3) is 0 Å². The number of primary amides is 1. The lowest BCUT2D eigenvalue weighted by Gasteiger charge is -2.29. The van der Waals surface area contributed by atoms with Gasteiger partial charge in [-0.05, 0) is 54.5 Å². The normalized spacial score (nSPS) is 14.3. The molecule has 0 saturated heterocycles. The standard InChI is InChI=1S/C29H43F2N3O4S/c1-4-8-25(9-5-2)39(37,38)19-27(29(32)36)34-26(15-22-13-23(30)16-24(31)14-22)28(35)18-33-17-21-11-7-10-20(6-3)12-21/h7,10-14,16,25-28,33-35H,4-6,8-9,15,17-19H2,1-3H3,(H2,32,36)/t26-,27?,28+/m0/s1. The Morgan fingerprint density at radius 2 is 1.59 bits per heavy atom. The molecule has 2 aromatic rings. The summed E-state index contributed by atoms with van der Waals surface area (Å²) >= 11 is 0. The minimum atomic E-state index is -3.69. The average molecular weight is 568 g/mol. The highest BCUT2D eigenvalue weighted by Crippen LogP contribution is 2.18. The largest absolute Gasteiger partial charge is 0.390 e. The van der Waals surface area contributed by atoms with Crippen molar-refractivity contribution in [1.29, 1.82) is 0 Å². The highest BCUT2D eigenvalue weighted by molar-refractivity contribution is 7.92. The Bertz CT molecular complexity index is 1140. The average Bonchev–Trinajstić information content (AvgIpc) is 2.87. The number of carbonyl (C=O) groups excluding carboxylic acids is 1. The van der Waals surface area contributed by atoms with Gasteiger partial charge in [0.15, 0.2) is 9.84 Å². The fraction of sp³-hybridized carbons (Fsp3) is 0.552. The number of nitrogens with two attached hydrogens (primary N) is 1. The molecule has 0 aliphatic heterocycles. The van der Waals surface area contributed by atoms with Crippen LogP contribution in [-0.2, 0) is 34.0 Å². The predicted molar refractivity (Wildman–Crippen MR) is 151 cm³/mol. The molecule has 3 atom stereocenters. The van der Waals surface area contributed by atoms with E-state index >= 15 is 0 Å². The first-order valence-corrected chi connectivity index (χ1v) is 15.4. The molecular formula is C29H43F2N3O4S. The number of hydrogen-bond acceptors (Lipinski definition) is 6. The van der Waals surface area contributed by atoms with Gasteiger partial charge in [-0.2, -0.15) is 0 Å². The van der Waals surface area contributed by atoms with Crippen LogP contribution in [-0.4, -0.2) is 55.2 Å². The van der Waals surface area contributed by atoms with Crippen LogP contribution < -0.4 is 16.4 Å². The second-order valence-corrected chi connectivity index (χ2v) is 12.4. The maximum Gasteiger partial charge on any atom is 0.235 e. The van der Waals surface area contributed by atoms with E-state index in [1.165, 1.54) is 5.56 Å². The van der Waals surface area contributed by atoms with E-state index in [1.54, 1.807) is 0 Å². The Kier molecular flexibility index (Phi) is 13.5. The Hall–Kier alpha value is -2.40.